The number of nitrogen functional groups attached to an aromatic ring is 1. The molecule has 0 radical (unpaired) electrons. The molecule has 1 aromatic carbocycles. The molecular weight excluding hydrogens is 176 g/mol. The second kappa shape index (κ2) is 3.35. The number of benzene rings is 1. The maximum atomic E-state index is 5.82. The van der Waals surface area contributed by atoms with Crippen LogP contribution in [0.4, 0.5) is 5.69 Å². The average molecular weight is 190 g/mol. The van der Waals surface area contributed by atoms with Crippen LogP contribution in [0.15, 0.2) is 22.6 Å². The van der Waals surface area contributed by atoms with E-state index in [9.17, 15) is 0 Å². The molecule has 0 aliphatic rings. The van der Waals surface area contributed by atoms with Crippen LogP contribution < -0.4 is 11.1 Å². The standard InChI is InChI=1S/C11H14N2O/c1-7-9(6-13-2)8-4-3-5-10(12)11(8)14-7/h3-5,13H,6,12H2,1-2H3. The number of rotatable bonds is 2. The van der Waals surface area contributed by atoms with Crippen LogP contribution in [0.25, 0.3) is 11.0 Å². The molecular formula is C11H14N2O. The number of nitrogens with one attached hydrogen (secondary N) is 1. The summed E-state index contributed by atoms with van der Waals surface area (Å²) in [5.74, 6) is 0.937. The summed E-state index contributed by atoms with van der Waals surface area (Å²) in [5.41, 5.74) is 8.51. The molecule has 0 fully saturated rings. The van der Waals surface area contributed by atoms with Crippen LogP contribution in [-0.4, -0.2) is 7.05 Å². The third-order valence-electron chi connectivity index (χ3n) is 2.40. The number of furan rings is 1. The van der Waals surface area contributed by atoms with Crippen molar-refractivity contribution in [2.75, 3.05) is 12.8 Å². The summed E-state index contributed by atoms with van der Waals surface area (Å²) >= 11 is 0. The average Bonchev–Trinajstić information content (AvgIpc) is 2.47. The molecule has 0 spiro atoms. The van der Waals surface area contributed by atoms with Crippen LogP contribution in [0, 0.1) is 6.92 Å². The summed E-state index contributed by atoms with van der Waals surface area (Å²) in [6, 6.07) is 5.84. The number of hydrogen-bond acceptors (Lipinski definition) is 3. The fourth-order valence-corrected chi connectivity index (χ4v) is 1.71. The van der Waals surface area contributed by atoms with Crippen molar-refractivity contribution in [1.29, 1.82) is 0 Å². The first kappa shape index (κ1) is 9.09. The van der Waals surface area contributed by atoms with Crippen molar-refractivity contribution in [2.45, 2.75) is 13.5 Å². The van der Waals surface area contributed by atoms with E-state index in [2.05, 4.69) is 5.32 Å². The van der Waals surface area contributed by atoms with E-state index in [0.29, 0.717) is 5.69 Å². The molecule has 1 heterocycles. The Bertz CT molecular complexity index is 460. The summed E-state index contributed by atoms with van der Waals surface area (Å²) in [5, 5.41) is 4.23. The SMILES string of the molecule is CNCc1c(C)oc2c(N)cccc12. The highest BCUT2D eigenvalue weighted by molar-refractivity contribution is 5.91. The van der Waals surface area contributed by atoms with Gasteiger partial charge in [-0.2, -0.15) is 0 Å². The molecule has 0 saturated carbocycles. The molecule has 2 rings (SSSR count). The van der Waals surface area contributed by atoms with Gasteiger partial charge in [0.15, 0.2) is 5.58 Å². The number of nitrogens with two attached hydrogens (primary N) is 1. The molecule has 0 unspecified atom stereocenters. The summed E-state index contributed by atoms with van der Waals surface area (Å²) in [4.78, 5) is 0. The molecule has 3 N–H and O–H groups in total. The lowest BCUT2D eigenvalue weighted by Crippen LogP contribution is -2.05. The van der Waals surface area contributed by atoms with Crippen LogP contribution in [-0.2, 0) is 6.54 Å². The van der Waals surface area contributed by atoms with Crippen molar-refractivity contribution in [3.05, 3.63) is 29.5 Å². The molecule has 3 heteroatoms. The third kappa shape index (κ3) is 1.26. The number of hydrogen-bond donors (Lipinski definition) is 2. The van der Waals surface area contributed by atoms with Crippen LogP contribution >= 0.6 is 0 Å². The zero-order valence-corrected chi connectivity index (χ0v) is 8.42. The van der Waals surface area contributed by atoms with Crippen molar-refractivity contribution < 1.29 is 4.42 Å². The van der Waals surface area contributed by atoms with Crippen molar-refractivity contribution in [2.24, 2.45) is 0 Å². The maximum Gasteiger partial charge on any atom is 0.157 e. The molecule has 14 heavy (non-hydrogen) atoms. The van der Waals surface area contributed by atoms with Gasteiger partial charge < -0.3 is 15.5 Å². The van der Waals surface area contributed by atoms with Gasteiger partial charge in [-0.3, -0.25) is 0 Å². The number of aryl methyl sites for hydroxylation is 1. The summed E-state index contributed by atoms with van der Waals surface area (Å²) in [6.45, 7) is 2.77. The molecule has 0 aliphatic heterocycles. The minimum Gasteiger partial charge on any atom is -0.459 e. The maximum absolute atomic E-state index is 5.82. The lowest BCUT2D eigenvalue weighted by molar-refractivity contribution is 0.570. The fourth-order valence-electron chi connectivity index (χ4n) is 1.71. The number of fused-ring (bicyclic) bond motifs is 1. The third-order valence-corrected chi connectivity index (χ3v) is 2.40. The lowest BCUT2D eigenvalue weighted by atomic mass is 10.1. The molecule has 2 aromatic rings. The monoisotopic (exact) mass is 190 g/mol. The molecule has 0 amide bonds. The van der Waals surface area contributed by atoms with Gasteiger partial charge in [0.05, 0.1) is 5.69 Å². The van der Waals surface area contributed by atoms with E-state index >= 15 is 0 Å². The fraction of sp³-hybridized carbons (Fsp3) is 0.273. The van der Waals surface area contributed by atoms with E-state index in [1.165, 1.54) is 5.56 Å². The Morgan fingerprint density at radius 2 is 2.21 bits per heavy atom. The van der Waals surface area contributed by atoms with Crippen LogP contribution in [0.3, 0.4) is 0 Å². The molecule has 0 aliphatic carbocycles. The zero-order chi connectivity index (χ0) is 10.1. The van der Waals surface area contributed by atoms with Gasteiger partial charge in [0.1, 0.15) is 5.76 Å². The van der Waals surface area contributed by atoms with Crippen molar-refractivity contribution in [1.82, 2.24) is 5.32 Å². The highest BCUT2D eigenvalue weighted by atomic mass is 16.3. The molecule has 3 nitrogen and oxygen atoms in total. The van der Waals surface area contributed by atoms with E-state index in [0.717, 1.165) is 23.3 Å². The Kier molecular flexibility index (Phi) is 2.17. The zero-order valence-electron chi connectivity index (χ0n) is 8.42. The van der Waals surface area contributed by atoms with Crippen LogP contribution in [0.1, 0.15) is 11.3 Å². The Hall–Kier alpha value is -1.48. The molecule has 74 valence electrons. The Balaban J connectivity index is 2.70. The topological polar surface area (TPSA) is 51.2 Å². The number of para-hydroxylation sites is 1. The molecule has 1 aromatic heterocycles. The Labute approximate surface area is 82.9 Å². The highest BCUT2D eigenvalue weighted by Gasteiger charge is 2.11. The minimum atomic E-state index is 0.702. The molecule has 0 bridgehead atoms. The predicted molar refractivity (Wildman–Crippen MR) is 58.1 cm³/mol. The van der Waals surface area contributed by atoms with Crippen molar-refractivity contribution >= 4 is 16.7 Å². The van der Waals surface area contributed by atoms with Crippen molar-refractivity contribution in [3.8, 4) is 0 Å². The van der Waals surface area contributed by atoms with Gasteiger partial charge in [0.25, 0.3) is 0 Å². The lowest BCUT2D eigenvalue weighted by Gasteiger charge is -1.97. The van der Waals surface area contributed by atoms with E-state index < -0.39 is 0 Å². The van der Waals surface area contributed by atoms with Crippen LogP contribution in [0.5, 0.6) is 0 Å². The highest BCUT2D eigenvalue weighted by Crippen LogP contribution is 2.29. The van der Waals surface area contributed by atoms with Crippen molar-refractivity contribution in [3.63, 3.8) is 0 Å². The van der Waals surface area contributed by atoms with Gasteiger partial charge in [-0.05, 0) is 20.0 Å². The summed E-state index contributed by atoms with van der Waals surface area (Å²) in [6.07, 6.45) is 0. The van der Waals surface area contributed by atoms with Gasteiger partial charge in [0, 0.05) is 17.5 Å². The smallest absolute Gasteiger partial charge is 0.157 e. The van der Waals surface area contributed by atoms with Gasteiger partial charge in [-0.25, -0.2) is 0 Å². The molecule has 0 atom stereocenters. The van der Waals surface area contributed by atoms with E-state index in [1.54, 1.807) is 0 Å². The van der Waals surface area contributed by atoms with Gasteiger partial charge in [-0.1, -0.05) is 12.1 Å². The minimum absolute atomic E-state index is 0.702. The first-order valence-electron chi connectivity index (χ1n) is 4.65. The Morgan fingerprint density at radius 1 is 1.43 bits per heavy atom. The second-order valence-corrected chi connectivity index (χ2v) is 3.39. The summed E-state index contributed by atoms with van der Waals surface area (Å²) < 4.78 is 5.62. The number of anilines is 1. The first-order chi connectivity index (χ1) is 6.74. The summed E-state index contributed by atoms with van der Waals surface area (Å²) in [7, 11) is 1.92. The van der Waals surface area contributed by atoms with E-state index in [4.69, 9.17) is 10.2 Å². The first-order valence-corrected chi connectivity index (χ1v) is 4.65. The largest absolute Gasteiger partial charge is 0.459 e. The predicted octanol–water partition coefficient (Wildman–Crippen LogP) is 2.04. The molecule has 0 saturated heterocycles. The quantitative estimate of drug-likeness (QED) is 0.712. The normalized spacial score (nSPS) is 11.0. The van der Waals surface area contributed by atoms with E-state index in [1.807, 2.05) is 32.2 Å². The van der Waals surface area contributed by atoms with Gasteiger partial charge in [-0.15, -0.1) is 0 Å². The Morgan fingerprint density at radius 3 is 2.93 bits per heavy atom. The van der Waals surface area contributed by atoms with E-state index in [-0.39, 0.29) is 0 Å². The van der Waals surface area contributed by atoms with Gasteiger partial charge >= 0.3 is 0 Å². The van der Waals surface area contributed by atoms with Crippen LogP contribution in [0.2, 0.25) is 0 Å². The second-order valence-electron chi connectivity index (χ2n) is 3.39. The van der Waals surface area contributed by atoms with Gasteiger partial charge in [0.2, 0.25) is 0 Å².